The molecule has 0 saturated carbocycles. The first kappa shape index (κ1) is 19.9. The molecule has 0 unspecified atom stereocenters. The van der Waals surface area contributed by atoms with Crippen LogP contribution in [0.5, 0.6) is 0 Å². The molecule has 0 atom stereocenters. The maximum atomic E-state index is 12.8. The summed E-state index contributed by atoms with van der Waals surface area (Å²) in [6, 6.07) is 10.9. The van der Waals surface area contributed by atoms with Crippen molar-refractivity contribution in [1.29, 1.82) is 0 Å². The van der Waals surface area contributed by atoms with Crippen LogP contribution in [0.1, 0.15) is 40.6 Å². The molecule has 0 radical (unpaired) electrons. The topological polar surface area (TPSA) is 101 Å². The summed E-state index contributed by atoms with van der Waals surface area (Å²) in [6.07, 6.45) is 1.30. The second-order valence-corrected chi connectivity index (χ2v) is 7.51. The van der Waals surface area contributed by atoms with Gasteiger partial charge < -0.3 is 19.2 Å². The van der Waals surface area contributed by atoms with E-state index in [2.05, 4.69) is 15.5 Å². The van der Waals surface area contributed by atoms with Crippen LogP contribution < -0.4 is 5.32 Å². The van der Waals surface area contributed by atoms with Crippen LogP contribution in [-0.4, -0.2) is 39.9 Å². The van der Waals surface area contributed by atoms with E-state index in [-0.39, 0.29) is 17.7 Å². The molecule has 8 nitrogen and oxygen atoms in total. The van der Waals surface area contributed by atoms with Crippen LogP contribution in [0.3, 0.4) is 0 Å². The Morgan fingerprint density at radius 2 is 1.83 bits per heavy atom. The van der Waals surface area contributed by atoms with E-state index >= 15 is 0 Å². The molecule has 1 aliphatic heterocycles. The lowest BCUT2D eigenvalue weighted by Crippen LogP contribution is -2.42. The zero-order valence-corrected chi connectivity index (χ0v) is 17.1. The predicted molar refractivity (Wildman–Crippen MR) is 108 cm³/mol. The normalized spacial score (nSPS) is 14.7. The van der Waals surface area contributed by atoms with Crippen LogP contribution in [-0.2, 0) is 11.3 Å². The minimum absolute atomic E-state index is 0.0101. The van der Waals surface area contributed by atoms with E-state index < -0.39 is 0 Å². The summed E-state index contributed by atoms with van der Waals surface area (Å²) in [7, 11) is 0. The number of hydrogen-bond acceptors (Lipinski definition) is 6. The van der Waals surface area contributed by atoms with Crippen LogP contribution in [0.2, 0.25) is 0 Å². The summed E-state index contributed by atoms with van der Waals surface area (Å²) in [5, 5.41) is 6.81. The van der Waals surface area contributed by atoms with Crippen molar-refractivity contribution in [3.63, 3.8) is 0 Å². The number of rotatable bonds is 5. The van der Waals surface area contributed by atoms with Gasteiger partial charge in [-0.1, -0.05) is 17.3 Å². The molecule has 2 amide bonds. The van der Waals surface area contributed by atoms with Gasteiger partial charge in [-0.2, -0.15) is 4.98 Å². The number of carbonyl (C=O) groups excluding carboxylic acids is 2. The highest BCUT2D eigenvalue weighted by atomic mass is 16.5. The molecule has 3 heterocycles. The van der Waals surface area contributed by atoms with Gasteiger partial charge in [0.25, 0.3) is 5.91 Å². The molecule has 1 aliphatic rings. The summed E-state index contributed by atoms with van der Waals surface area (Å²) in [6.45, 7) is 5.11. The van der Waals surface area contributed by atoms with E-state index in [0.717, 1.165) is 17.1 Å². The van der Waals surface area contributed by atoms with Gasteiger partial charge in [-0.25, -0.2) is 0 Å². The van der Waals surface area contributed by atoms with E-state index in [9.17, 15) is 9.59 Å². The zero-order valence-electron chi connectivity index (χ0n) is 17.1. The van der Waals surface area contributed by atoms with Gasteiger partial charge in [-0.05, 0) is 44.0 Å². The minimum Gasteiger partial charge on any atom is -0.465 e. The fourth-order valence-corrected chi connectivity index (χ4v) is 3.60. The van der Waals surface area contributed by atoms with Crippen LogP contribution in [0.4, 0.5) is 0 Å². The van der Waals surface area contributed by atoms with Crippen LogP contribution in [0.25, 0.3) is 11.4 Å². The summed E-state index contributed by atoms with van der Waals surface area (Å²) in [5.74, 6) is 2.46. The van der Waals surface area contributed by atoms with Gasteiger partial charge in [-0.3, -0.25) is 9.59 Å². The first-order chi connectivity index (χ1) is 14.5. The van der Waals surface area contributed by atoms with Gasteiger partial charge in [0.05, 0.1) is 6.54 Å². The number of nitrogens with one attached hydrogen (secondary N) is 1. The van der Waals surface area contributed by atoms with Crippen molar-refractivity contribution in [3.8, 4) is 11.4 Å². The third kappa shape index (κ3) is 4.42. The fourth-order valence-electron chi connectivity index (χ4n) is 3.60. The molecule has 0 aliphatic carbocycles. The van der Waals surface area contributed by atoms with E-state index in [1.807, 2.05) is 31.2 Å². The molecule has 30 heavy (non-hydrogen) atoms. The van der Waals surface area contributed by atoms with Crippen molar-refractivity contribution in [2.45, 2.75) is 33.2 Å². The molecule has 2 aromatic heterocycles. The maximum absolute atomic E-state index is 12.8. The summed E-state index contributed by atoms with van der Waals surface area (Å²) < 4.78 is 10.5. The number of amides is 2. The van der Waals surface area contributed by atoms with Gasteiger partial charge in [0, 0.05) is 37.1 Å². The van der Waals surface area contributed by atoms with Crippen LogP contribution in [0.15, 0.2) is 45.3 Å². The lowest BCUT2D eigenvalue weighted by molar-refractivity contribution is -0.126. The second kappa shape index (κ2) is 8.52. The van der Waals surface area contributed by atoms with E-state index in [4.69, 9.17) is 8.94 Å². The summed E-state index contributed by atoms with van der Waals surface area (Å²) >= 11 is 0. The largest absolute Gasteiger partial charge is 0.465 e. The van der Waals surface area contributed by atoms with E-state index in [1.165, 1.54) is 0 Å². The number of aromatic nitrogens is 2. The molecular formula is C22H24N4O4. The number of nitrogens with zero attached hydrogens (tertiary/aromatic N) is 3. The van der Waals surface area contributed by atoms with Gasteiger partial charge in [0.15, 0.2) is 0 Å². The van der Waals surface area contributed by atoms with Gasteiger partial charge >= 0.3 is 0 Å². The third-order valence-electron chi connectivity index (χ3n) is 5.30. The zero-order chi connectivity index (χ0) is 21.1. The average molecular weight is 408 g/mol. The lowest BCUT2D eigenvalue weighted by atomic mass is 9.95. The Kier molecular flexibility index (Phi) is 5.65. The Balaban J connectivity index is 1.29. The molecule has 156 valence electrons. The lowest BCUT2D eigenvalue weighted by Gasteiger charge is -2.31. The molecular weight excluding hydrogens is 384 g/mol. The molecule has 1 saturated heterocycles. The molecule has 1 N–H and O–H groups in total. The molecule has 0 bridgehead atoms. The predicted octanol–water partition coefficient (Wildman–Crippen LogP) is 3.12. The van der Waals surface area contributed by atoms with Crippen molar-refractivity contribution in [1.82, 2.24) is 20.4 Å². The second-order valence-electron chi connectivity index (χ2n) is 7.51. The van der Waals surface area contributed by atoms with Gasteiger partial charge in [0.2, 0.25) is 17.6 Å². The number of piperidine rings is 1. The first-order valence-electron chi connectivity index (χ1n) is 10.0. The van der Waals surface area contributed by atoms with Crippen molar-refractivity contribution in [2.24, 2.45) is 5.92 Å². The highest BCUT2D eigenvalue weighted by molar-refractivity contribution is 5.94. The summed E-state index contributed by atoms with van der Waals surface area (Å²) in [4.78, 5) is 31.2. The monoisotopic (exact) mass is 408 g/mol. The molecule has 4 rings (SSSR count). The highest BCUT2D eigenvalue weighted by Gasteiger charge is 2.28. The molecule has 0 spiro atoms. The van der Waals surface area contributed by atoms with Crippen molar-refractivity contribution >= 4 is 11.8 Å². The molecule has 3 aromatic rings. The smallest absolute Gasteiger partial charge is 0.253 e. The van der Waals surface area contributed by atoms with Crippen LogP contribution in [0, 0.1) is 19.8 Å². The standard InChI is InChI=1S/C22H24N4O4/c1-14-3-8-19(29-14)13-23-21(27)17-9-11-26(12-10-17)22(28)18-6-4-16(5-7-18)20-24-15(2)30-25-20/h3-8,17H,9-13H2,1-2H3,(H,23,27). The number of aryl methyl sites for hydroxylation is 2. The van der Waals surface area contributed by atoms with E-state index in [1.54, 1.807) is 24.0 Å². The Morgan fingerprint density at radius 3 is 2.43 bits per heavy atom. The number of furan rings is 1. The van der Waals surface area contributed by atoms with Gasteiger partial charge in [0.1, 0.15) is 11.5 Å². The highest BCUT2D eigenvalue weighted by Crippen LogP contribution is 2.21. The molecule has 1 fully saturated rings. The number of likely N-dealkylation sites (tertiary alicyclic amines) is 1. The number of benzene rings is 1. The molecule has 8 heteroatoms. The van der Waals surface area contributed by atoms with E-state index in [0.29, 0.717) is 49.8 Å². The Hall–Kier alpha value is -3.42. The van der Waals surface area contributed by atoms with Crippen molar-refractivity contribution in [3.05, 3.63) is 59.4 Å². The molecule has 1 aromatic carbocycles. The third-order valence-corrected chi connectivity index (χ3v) is 5.30. The summed E-state index contributed by atoms with van der Waals surface area (Å²) in [5.41, 5.74) is 1.40. The SMILES string of the molecule is Cc1ccc(CNC(=O)C2CCN(C(=O)c3ccc(-c4noc(C)n4)cc3)CC2)o1. The average Bonchev–Trinajstić information content (AvgIpc) is 3.39. The Labute approximate surface area is 174 Å². The fraction of sp³-hybridized carbons (Fsp3) is 0.364. The maximum Gasteiger partial charge on any atom is 0.253 e. The Bertz CT molecular complexity index is 1030. The van der Waals surface area contributed by atoms with Crippen LogP contribution >= 0.6 is 0 Å². The number of carbonyl (C=O) groups is 2. The van der Waals surface area contributed by atoms with Gasteiger partial charge in [-0.15, -0.1) is 0 Å². The number of hydrogen-bond donors (Lipinski definition) is 1. The quantitative estimate of drug-likeness (QED) is 0.696. The minimum atomic E-state index is -0.0889. The first-order valence-corrected chi connectivity index (χ1v) is 10.0. The van der Waals surface area contributed by atoms with Crippen molar-refractivity contribution in [2.75, 3.05) is 13.1 Å². The van der Waals surface area contributed by atoms with Crippen molar-refractivity contribution < 1.29 is 18.5 Å². The Morgan fingerprint density at radius 1 is 1.10 bits per heavy atom.